The van der Waals surface area contributed by atoms with Crippen molar-refractivity contribution in [3.63, 3.8) is 0 Å². The lowest BCUT2D eigenvalue weighted by Gasteiger charge is -2.17. The van der Waals surface area contributed by atoms with Crippen LogP contribution >= 0.6 is 11.3 Å². The number of carbonyl (C=O) groups excluding carboxylic acids is 1. The van der Waals surface area contributed by atoms with E-state index < -0.39 is 5.97 Å². The van der Waals surface area contributed by atoms with Crippen molar-refractivity contribution in [3.05, 3.63) is 41.4 Å². The highest BCUT2D eigenvalue weighted by Crippen LogP contribution is 2.12. The van der Waals surface area contributed by atoms with Crippen LogP contribution in [0.3, 0.4) is 0 Å². The van der Waals surface area contributed by atoms with Crippen molar-refractivity contribution in [2.24, 2.45) is 0 Å². The summed E-state index contributed by atoms with van der Waals surface area (Å²) < 4.78 is 0. The molecule has 1 aromatic heterocycles. The summed E-state index contributed by atoms with van der Waals surface area (Å²) in [5, 5.41) is 10.2. The van der Waals surface area contributed by atoms with Gasteiger partial charge in [-0.3, -0.25) is 4.79 Å². The smallest absolute Gasteiger partial charge is 0.355 e. The molecule has 0 saturated heterocycles. The summed E-state index contributed by atoms with van der Waals surface area (Å²) in [5.74, 6) is -1.46. The molecule has 0 bridgehead atoms. The summed E-state index contributed by atoms with van der Waals surface area (Å²) >= 11 is 1.01. The molecule has 1 aromatic rings. The van der Waals surface area contributed by atoms with Gasteiger partial charge in [0.1, 0.15) is 0 Å². The molecule has 17 heavy (non-hydrogen) atoms. The van der Waals surface area contributed by atoms with Crippen molar-refractivity contribution in [3.8, 4) is 0 Å². The Bertz CT molecular complexity index is 443. The quantitative estimate of drug-likeness (QED) is 0.781. The van der Waals surface area contributed by atoms with Gasteiger partial charge >= 0.3 is 5.97 Å². The Morgan fingerprint density at radius 3 is 2.41 bits per heavy atom. The van der Waals surface area contributed by atoms with E-state index in [1.165, 1.54) is 10.3 Å². The van der Waals surface area contributed by atoms with Crippen LogP contribution in [0.4, 0.5) is 0 Å². The third-order valence-electron chi connectivity index (χ3n) is 1.89. The molecular formula is C11H12N2O3S. The van der Waals surface area contributed by atoms with Crippen molar-refractivity contribution >= 4 is 23.2 Å². The molecule has 1 heterocycles. The number of rotatable bonds is 6. The minimum Gasteiger partial charge on any atom is -0.476 e. The van der Waals surface area contributed by atoms with Crippen LogP contribution in [-0.4, -0.2) is 40.0 Å². The lowest BCUT2D eigenvalue weighted by Crippen LogP contribution is -2.31. The molecule has 0 saturated carbocycles. The van der Waals surface area contributed by atoms with Crippen molar-refractivity contribution in [1.29, 1.82) is 0 Å². The van der Waals surface area contributed by atoms with E-state index in [0.717, 1.165) is 11.3 Å². The lowest BCUT2D eigenvalue weighted by atomic mass is 10.4. The summed E-state index contributed by atoms with van der Waals surface area (Å²) in [6, 6.07) is 0. The van der Waals surface area contributed by atoms with E-state index in [-0.39, 0.29) is 16.6 Å². The van der Waals surface area contributed by atoms with Crippen molar-refractivity contribution in [2.75, 3.05) is 13.1 Å². The fourth-order valence-corrected chi connectivity index (χ4v) is 1.92. The van der Waals surface area contributed by atoms with Gasteiger partial charge in [0.25, 0.3) is 5.91 Å². The minimum atomic E-state index is -1.14. The fourth-order valence-electron chi connectivity index (χ4n) is 1.16. The highest BCUT2D eigenvalue weighted by atomic mass is 32.1. The molecule has 0 aliphatic carbocycles. The molecule has 0 radical (unpaired) electrons. The molecule has 0 fully saturated rings. The Kier molecular flexibility index (Phi) is 4.59. The number of carbonyl (C=O) groups is 2. The number of nitrogens with zero attached hydrogens (tertiary/aromatic N) is 2. The normalized spacial score (nSPS) is 9.65. The van der Waals surface area contributed by atoms with Crippen LogP contribution in [0.25, 0.3) is 0 Å². The molecule has 1 rings (SSSR count). The maximum Gasteiger partial charge on any atom is 0.355 e. The molecule has 5 nitrogen and oxygen atoms in total. The first-order valence-electron chi connectivity index (χ1n) is 4.80. The van der Waals surface area contributed by atoms with Crippen LogP contribution in [0.1, 0.15) is 20.3 Å². The largest absolute Gasteiger partial charge is 0.476 e. The van der Waals surface area contributed by atoms with E-state index in [4.69, 9.17) is 5.11 Å². The highest BCUT2D eigenvalue weighted by Gasteiger charge is 2.19. The Labute approximate surface area is 103 Å². The monoisotopic (exact) mass is 252 g/mol. The molecule has 0 aromatic carbocycles. The van der Waals surface area contributed by atoms with E-state index in [0.29, 0.717) is 13.1 Å². The zero-order valence-corrected chi connectivity index (χ0v) is 9.94. The zero-order chi connectivity index (χ0) is 12.8. The van der Waals surface area contributed by atoms with Gasteiger partial charge in [-0.2, -0.15) is 0 Å². The Hall–Kier alpha value is -1.95. The number of thiazole rings is 1. The van der Waals surface area contributed by atoms with Gasteiger partial charge in [0, 0.05) is 18.5 Å². The van der Waals surface area contributed by atoms with Crippen molar-refractivity contribution in [1.82, 2.24) is 9.88 Å². The Morgan fingerprint density at radius 2 is 2.00 bits per heavy atom. The SMILES string of the molecule is C=CCN(CC=C)C(=O)c1nc(C(=O)O)cs1. The number of hydrogen-bond donors (Lipinski definition) is 1. The van der Waals surface area contributed by atoms with Crippen molar-refractivity contribution < 1.29 is 14.7 Å². The number of hydrogen-bond acceptors (Lipinski definition) is 4. The molecule has 0 aliphatic rings. The van der Waals surface area contributed by atoms with Crippen molar-refractivity contribution in [2.45, 2.75) is 0 Å². The summed E-state index contributed by atoms with van der Waals surface area (Å²) in [6.07, 6.45) is 3.18. The second-order valence-corrected chi connectivity index (χ2v) is 3.99. The van der Waals surface area contributed by atoms with E-state index in [9.17, 15) is 9.59 Å². The zero-order valence-electron chi connectivity index (χ0n) is 9.13. The maximum atomic E-state index is 11.9. The predicted molar refractivity (Wildman–Crippen MR) is 65.4 cm³/mol. The number of aromatic carboxylic acids is 1. The second-order valence-electron chi connectivity index (χ2n) is 3.13. The van der Waals surface area contributed by atoms with Gasteiger partial charge in [0.2, 0.25) is 0 Å². The lowest BCUT2D eigenvalue weighted by molar-refractivity contribution is 0.0691. The second kappa shape index (κ2) is 5.95. The third kappa shape index (κ3) is 3.25. The summed E-state index contributed by atoms with van der Waals surface area (Å²) in [4.78, 5) is 27.8. The average Bonchev–Trinajstić information content (AvgIpc) is 2.77. The van der Waals surface area contributed by atoms with Gasteiger partial charge in [0.05, 0.1) is 0 Å². The molecule has 0 unspecified atom stereocenters. The van der Waals surface area contributed by atoms with Gasteiger partial charge in [-0.25, -0.2) is 9.78 Å². The molecule has 0 atom stereocenters. The third-order valence-corrected chi connectivity index (χ3v) is 2.72. The van der Waals surface area contributed by atoms with Crippen LogP contribution in [0.2, 0.25) is 0 Å². The molecule has 90 valence electrons. The minimum absolute atomic E-state index is 0.115. The van der Waals surface area contributed by atoms with Crippen LogP contribution in [-0.2, 0) is 0 Å². The number of amides is 1. The first kappa shape index (κ1) is 13.1. The summed E-state index contributed by atoms with van der Waals surface area (Å²) in [5.41, 5.74) is -0.115. The maximum absolute atomic E-state index is 11.9. The molecule has 1 amide bonds. The molecular weight excluding hydrogens is 240 g/mol. The topological polar surface area (TPSA) is 70.5 Å². The van der Waals surface area contributed by atoms with Gasteiger partial charge in [-0.15, -0.1) is 24.5 Å². The van der Waals surface area contributed by atoms with Crippen LogP contribution in [0, 0.1) is 0 Å². The highest BCUT2D eigenvalue weighted by molar-refractivity contribution is 7.11. The van der Waals surface area contributed by atoms with E-state index >= 15 is 0 Å². The van der Waals surface area contributed by atoms with Gasteiger partial charge in [-0.05, 0) is 0 Å². The molecule has 0 aliphatic heterocycles. The van der Waals surface area contributed by atoms with Gasteiger partial charge in [-0.1, -0.05) is 12.2 Å². The van der Waals surface area contributed by atoms with E-state index in [1.807, 2.05) is 0 Å². The molecule has 6 heteroatoms. The van der Waals surface area contributed by atoms with E-state index in [1.54, 1.807) is 12.2 Å². The van der Waals surface area contributed by atoms with Crippen LogP contribution < -0.4 is 0 Å². The molecule has 1 N–H and O–H groups in total. The van der Waals surface area contributed by atoms with Crippen LogP contribution in [0.5, 0.6) is 0 Å². The summed E-state index contributed by atoms with van der Waals surface area (Å²) in [6.45, 7) is 7.84. The Balaban J connectivity index is 2.88. The van der Waals surface area contributed by atoms with Gasteiger partial charge in [0.15, 0.2) is 10.7 Å². The summed E-state index contributed by atoms with van der Waals surface area (Å²) in [7, 11) is 0. The number of carboxylic acid groups (broad SMARTS) is 1. The predicted octanol–water partition coefficient (Wildman–Crippen LogP) is 1.66. The first-order chi connectivity index (χ1) is 8.10. The van der Waals surface area contributed by atoms with Crippen LogP contribution in [0.15, 0.2) is 30.7 Å². The number of aromatic nitrogens is 1. The standard InChI is InChI=1S/C11H12N2O3S/c1-3-5-13(6-4-2)10(14)9-12-8(7-17-9)11(15)16/h3-4,7H,1-2,5-6H2,(H,15,16). The first-order valence-corrected chi connectivity index (χ1v) is 5.68. The Morgan fingerprint density at radius 1 is 1.41 bits per heavy atom. The average molecular weight is 252 g/mol. The van der Waals surface area contributed by atoms with E-state index in [2.05, 4.69) is 18.1 Å². The number of carboxylic acids is 1. The van der Waals surface area contributed by atoms with Gasteiger partial charge < -0.3 is 10.0 Å². The fraction of sp³-hybridized carbons (Fsp3) is 0.182. The molecule has 0 spiro atoms.